The number of ketones is 1. The molecular weight excluding hydrogens is 792 g/mol. The number of hydrogen-bond acceptors (Lipinski definition) is 9. The van der Waals surface area contributed by atoms with Gasteiger partial charge < -0.3 is 18.9 Å². The third-order valence-corrected chi connectivity index (χ3v) is 8.07. The molecular formula is C39H20F8N2O9. The summed E-state index contributed by atoms with van der Waals surface area (Å²) < 4.78 is 143. The molecule has 6 rings (SSSR count). The highest BCUT2D eigenvalue weighted by Crippen LogP contribution is 2.41. The molecule has 0 bridgehead atoms. The largest absolute Gasteiger partial charge is 0.482 e. The molecule has 0 saturated carbocycles. The summed E-state index contributed by atoms with van der Waals surface area (Å²) in [6, 6.07) is 20.9. The van der Waals surface area contributed by atoms with Crippen molar-refractivity contribution in [2.75, 3.05) is 0 Å². The number of carbonyl (C=O) groups is 1. The maximum atomic E-state index is 15.3. The molecule has 0 aliphatic rings. The Morgan fingerprint density at radius 3 is 1.12 bits per heavy atom. The minimum atomic E-state index is -2.62. The molecule has 0 aliphatic carbocycles. The van der Waals surface area contributed by atoms with Crippen molar-refractivity contribution in [1.29, 1.82) is 0 Å². The Morgan fingerprint density at radius 1 is 0.483 bits per heavy atom. The summed E-state index contributed by atoms with van der Waals surface area (Å²) in [6.45, 7) is -0.477. The number of carbonyl (C=O) groups excluding carboxylic acids is 1. The lowest BCUT2D eigenvalue weighted by atomic mass is 9.99. The van der Waals surface area contributed by atoms with E-state index in [2.05, 4.69) is 0 Å². The summed E-state index contributed by atoms with van der Waals surface area (Å²) in [4.78, 5) is 34.4. The van der Waals surface area contributed by atoms with Gasteiger partial charge in [0.2, 0.25) is 52.1 Å². The van der Waals surface area contributed by atoms with Gasteiger partial charge in [0.25, 0.3) is 0 Å². The number of halogens is 8. The van der Waals surface area contributed by atoms with E-state index in [-0.39, 0.29) is 13.2 Å². The van der Waals surface area contributed by atoms with E-state index < -0.39 is 119 Å². The van der Waals surface area contributed by atoms with E-state index in [0.717, 1.165) is 36.4 Å². The molecule has 0 aliphatic heterocycles. The van der Waals surface area contributed by atoms with Crippen molar-refractivity contribution >= 4 is 17.2 Å². The van der Waals surface area contributed by atoms with Gasteiger partial charge in [-0.05, 0) is 23.3 Å². The molecule has 0 fully saturated rings. The van der Waals surface area contributed by atoms with Crippen LogP contribution in [0.15, 0.2) is 97.1 Å². The monoisotopic (exact) mass is 812 g/mol. The lowest BCUT2D eigenvalue weighted by Crippen LogP contribution is -2.18. The van der Waals surface area contributed by atoms with Crippen LogP contribution in [0.5, 0.6) is 34.5 Å². The zero-order valence-corrected chi connectivity index (χ0v) is 28.7. The van der Waals surface area contributed by atoms with Crippen LogP contribution in [0.2, 0.25) is 0 Å². The minimum absolute atomic E-state index is 0.239. The summed E-state index contributed by atoms with van der Waals surface area (Å²) in [7, 11) is 0. The molecule has 0 N–H and O–H groups in total. The van der Waals surface area contributed by atoms with E-state index in [0.29, 0.717) is 11.1 Å². The normalized spacial score (nSPS) is 10.9. The maximum Gasteiger partial charge on any atom is 0.311 e. The molecule has 0 aromatic heterocycles. The van der Waals surface area contributed by atoms with Crippen LogP contribution in [0.3, 0.4) is 0 Å². The zero-order chi connectivity index (χ0) is 41.8. The Kier molecular flexibility index (Phi) is 11.5. The van der Waals surface area contributed by atoms with Crippen LogP contribution in [-0.2, 0) is 13.2 Å². The third kappa shape index (κ3) is 8.04. The van der Waals surface area contributed by atoms with Crippen LogP contribution in [-0.4, -0.2) is 15.6 Å². The number of ether oxygens (including phenoxy) is 4. The Labute approximate surface area is 319 Å². The van der Waals surface area contributed by atoms with Gasteiger partial charge in [-0.1, -0.05) is 60.7 Å². The predicted molar refractivity (Wildman–Crippen MR) is 184 cm³/mol. The Morgan fingerprint density at radius 2 is 0.810 bits per heavy atom. The van der Waals surface area contributed by atoms with Gasteiger partial charge in [0.15, 0.2) is 23.3 Å². The highest BCUT2D eigenvalue weighted by molar-refractivity contribution is 6.10. The van der Waals surface area contributed by atoms with E-state index >= 15 is 35.1 Å². The van der Waals surface area contributed by atoms with Crippen LogP contribution < -0.4 is 18.9 Å². The Bertz CT molecular complexity index is 2360. The van der Waals surface area contributed by atoms with Crippen LogP contribution in [0.1, 0.15) is 27.0 Å². The number of nitro groups is 2. The van der Waals surface area contributed by atoms with Crippen molar-refractivity contribution in [3.8, 4) is 34.5 Å². The Balaban J connectivity index is 1.30. The van der Waals surface area contributed by atoms with Gasteiger partial charge >= 0.3 is 11.4 Å². The minimum Gasteiger partial charge on any atom is -0.482 e. The van der Waals surface area contributed by atoms with Crippen molar-refractivity contribution in [3.05, 3.63) is 186 Å². The molecule has 11 nitrogen and oxygen atoms in total. The van der Waals surface area contributed by atoms with E-state index in [4.69, 9.17) is 18.9 Å². The summed E-state index contributed by atoms with van der Waals surface area (Å²) >= 11 is 0. The first-order chi connectivity index (χ1) is 27.7. The van der Waals surface area contributed by atoms with Gasteiger partial charge in [0, 0.05) is 24.3 Å². The molecule has 58 heavy (non-hydrogen) atoms. The molecule has 0 heterocycles. The van der Waals surface area contributed by atoms with E-state index in [9.17, 15) is 25.0 Å². The van der Waals surface area contributed by atoms with E-state index in [1.54, 1.807) is 60.7 Å². The number of rotatable bonds is 14. The first-order valence-electron chi connectivity index (χ1n) is 16.2. The topological polar surface area (TPSA) is 140 Å². The highest BCUT2D eigenvalue weighted by Gasteiger charge is 2.37. The first kappa shape index (κ1) is 40.1. The van der Waals surface area contributed by atoms with Gasteiger partial charge in [-0.25, -0.2) is 17.6 Å². The molecule has 6 aromatic rings. The maximum absolute atomic E-state index is 15.3. The van der Waals surface area contributed by atoms with Crippen molar-refractivity contribution in [2.24, 2.45) is 0 Å². The van der Waals surface area contributed by atoms with Gasteiger partial charge in [0.05, 0.1) is 9.85 Å². The van der Waals surface area contributed by atoms with Crippen LogP contribution in [0.4, 0.5) is 46.5 Å². The predicted octanol–water partition coefficient (Wildman–Crippen LogP) is 10.6. The summed E-state index contributed by atoms with van der Waals surface area (Å²) in [5.41, 5.74) is -4.87. The second-order valence-electron chi connectivity index (χ2n) is 11.8. The fraction of sp³-hybridized carbons (Fsp3) is 0.0513. The zero-order valence-electron chi connectivity index (χ0n) is 28.7. The molecule has 6 aromatic carbocycles. The molecule has 19 heteroatoms. The first-order valence-corrected chi connectivity index (χ1v) is 16.2. The molecule has 296 valence electrons. The summed E-state index contributed by atoms with van der Waals surface area (Å²) in [5, 5.41) is 23.0. The van der Waals surface area contributed by atoms with Crippen LogP contribution in [0.25, 0.3) is 0 Å². The van der Waals surface area contributed by atoms with Crippen LogP contribution >= 0.6 is 0 Å². The summed E-state index contributed by atoms with van der Waals surface area (Å²) in [6.07, 6.45) is 0. The molecule has 0 atom stereocenters. The average molecular weight is 813 g/mol. The second-order valence-corrected chi connectivity index (χ2v) is 11.8. The number of benzene rings is 6. The lowest BCUT2D eigenvalue weighted by molar-refractivity contribution is -0.386. The number of nitrogens with zero attached hydrogens (tertiary/aromatic N) is 2. The fourth-order valence-electron chi connectivity index (χ4n) is 5.28. The van der Waals surface area contributed by atoms with Gasteiger partial charge in [-0.3, -0.25) is 25.0 Å². The van der Waals surface area contributed by atoms with Crippen LogP contribution in [0, 0.1) is 66.8 Å². The van der Waals surface area contributed by atoms with Crippen molar-refractivity contribution in [3.63, 3.8) is 0 Å². The summed E-state index contributed by atoms with van der Waals surface area (Å²) in [5.74, 6) is -29.0. The number of nitro benzene ring substituents is 2. The molecule has 0 saturated heterocycles. The quantitative estimate of drug-likeness (QED) is 0.0345. The van der Waals surface area contributed by atoms with Crippen molar-refractivity contribution in [2.45, 2.75) is 13.2 Å². The number of hydrogen-bond donors (Lipinski definition) is 0. The van der Waals surface area contributed by atoms with Crippen molar-refractivity contribution < 1.29 is 68.7 Å². The van der Waals surface area contributed by atoms with Gasteiger partial charge in [-0.2, -0.15) is 17.6 Å². The average Bonchev–Trinajstić information content (AvgIpc) is 3.21. The Hall–Kier alpha value is -7.57. The highest BCUT2D eigenvalue weighted by atomic mass is 19.2. The smallest absolute Gasteiger partial charge is 0.311 e. The molecule has 0 spiro atoms. The fourth-order valence-corrected chi connectivity index (χ4v) is 5.28. The lowest BCUT2D eigenvalue weighted by Gasteiger charge is -2.15. The standard InChI is InChI=1S/C39H20F8N2O9/c40-29-27(30(41)34(45)38(33(29)44)57-21-11-13-23(48(51)52)25(15-21)55-17-19-7-3-1-4-8-19)37(50)28-31(42)35(46)39(36(47)32(28)43)58-22-12-14-24(49(53)54)26(16-22)56-18-20-9-5-2-6-10-20/h1-16H,17-18H2. The third-order valence-electron chi connectivity index (χ3n) is 8.07. The second kappa shape index (κ2) is 16.7. The van der Waals surface area contributed by atoms with E-state index in [1.165, 1.54) is 0 Å². The van der Waals surface area contributed by atoms with Gasteiger partial charge in [0.1, 0.15) is 35.8 Å². The van der Waals surface area contributed by atoms with E-state index in [1.807, 2.05) is 0 Å². The SMILES string of the molecule is O=C(c1c(F)c(F)c(Oc2ccc([N+](=O)[O-])c(OCc3ccccc3)c2)c(F)c1F)c1c(F)c(F)c(Oc2ccc([N+](=O)[O-])c(OCc3ccccc3)c2)c(F)c1F. The molecule has 0 radical (unpaired) electrons. The molecule has 0 amide bonds. The molecule has 0 unspecified atom stereocenters. The van der Waals surface area contributed by atoms with Gasteiger partial charge in [-0.15, -0.1) is 0 Å². The van der Waals surface area contributed by atoms with Crippen molar-refractivity contribution in [1.82, 2.24) is 0 Å².